The van der Waals surface area contributed by atoms with E-state index in [1.54, 1.807) is 6.07 Å². The van der Waals surface area contributed by atoms with Gasteiger partial charge in [0.1, 0.15) is 16.8 Å². The predicted octanol–water partition coefficient (Wildman–Crippen LogP) is 1.67. The number of benzene rings is 2. The smallest absolute Gasteiger partial charge is 0.360 e. The molecule has 0 aromatic heterocycles. The van der Waals surface area contributed by atoms with E-state index in [0.717, 1.165) is 0 Å². The summed E-state index contributed by atoms with van der Waals surface area (Å²) in [4.78, 5) is 31.0. The fourth-order valence-corrected chi connectivity index (χ4v) is 3.61. The Morgan fingerprint density at radius 3 is 2.27 bits per heavy atom. The van der Waals surface area contributed by atoms with Crippen molar-refractivity contribution in [2.24, 2.45) is 0 Å². The Morgan fingerprint density at radius 1 is 1.18 bits per heavy atom. The van der Waals surface area contributed by atoms with Crippen LogP contribution in [-0.2, 0) is 4.57 Å². The first-order valence-corrected chi connectivity index (χ1v) is 7.82. The summed E-state index contributed by atoms with van der Waals surface area (Å²) in [7, 11) is -2.16. The van der Waals surface area contributed by atoms with E-state index >= 15 is 0 Å². The number of carbonyl (C=O) groups is 1. The first kappa shape index (κ1) is 16.3. The lowest BCUT2D eigenvalue weighted by atomic mass is 9.98. The van der Waals surface area contributed by atoms with E-state index in [1.807, 2.05) is 0 Å². The highest BCUT2D eigenvalue weighted by Crippen LogP contribution is 2.46. The first-order chi connectivity index (χ1) is 10.2. The van der Waals surface area contributed by atoms with Gasteiger partial charge in [0.05, 0.1) is 19.8 Å². The average molecular weight is 326 g/mol. The van der Waals surface area contributed by atoms with Crippen molar-refractivity contribution in [2.75, 3.05) is 14.2 Å². The van der Waals surface area contributed by atoms with Crippen molar-refractivity contribution >= 4 is 29.6 Å². The molecule has 0 radical (unpaired) electrons. The molecular formula is C14H15O7P. The summed E-state index contributed by atoms with van der Waals surface area (Å²) < 4.78 is 22.2. The van der Waals surface area contributed by atoms with Gasteiger partial charge in [0.15, 0.2) is 0 Å². The van der Waals surface area contributed by atoms with Gasteiger partial charge in [-0.05, 0) is 13.0 Å². The minimum absolute atomic E-state index is 0.0400. The van der Waals surface area contributed by atoms with Crippen molar-refractivity contribution in [3.8, 4) is 11.5 Å². The molecule has 2 aromatic rings. The van der Waals surface area contributed by atoms with E-state index in [-0.39, 0.29) is 38.7 Å². The molecule has 8 heteroatoms. The van der Waals surface area contributed by atoms with Crippen molar-refractivity contribution in [2.45, 2.75) is 6.92 Å². The Kier molecular flexibility index (Phi) is 4.15. The molecule has 2 aromatic carbocycles. The van der Waals surface area contributed by atoms with Crippen LogP contribution in [0.25, 0.3) is 10.8 Å². The molecule has 0 saturated heterocycles. The van der Waals surface area contributed by atoms with E-state index in [4.69, 9.17) is 9.47 Å². The Morgan fingerprint density at radius 2 is 1.82 bits per heavy atom. The highest BCUT2D eigenvalue weighted by molar-refractivity contribution is 7.61. The molecule has 0 unspecified atom stereocenters. The predicted molar refractivity (Wildman–Crippen MR) is 80.4 cm³/mol. The fraction of sp³-hybridized carbons (Fsp3) is 0.214. The summed E-state index contributed by atoms with van der Waals surface area (Å²) in [6.07, 6.45) is 0. The van der Waals surface area contributed by atoms with Gasteiger partial charge in [-0.3, -0.25) is 4.57 Å². The number of hydrogen-bond acceptors (Lipinski definition) is 4. The molecule has 22 heavy (non-hydrogen) atoms. The van der Waals surface area contributed by atoms with Crippen LogP contribution in [0, 0.1) is 6.92 Å². The quantitative estimate of drug-likeness (QED) is 0.732. The standard InChI is InChI=1S/C14H15O7P/c1-7-10(14(15)16)8-5-4-6-9(20-2)11(8)13(12(7)21-3)22(17,18)19/h4-6H,1-3H3,(H,15,16)(H2,17,18,19). The molecule has 0 bridgehead atoms. The topological polar surface area (TPSA) is 113 Å². The zero-order valence-corrected chi connectivity index (χ0v) is 13.0. The third kappa shape index (κ3) is 2.43. The Labute approximate surface area is 126 Å². The monoisotopic (exact) mass is 326 g/mol. The summed E-state index contributed by atoms with van der Waals surface area (Å²) in [5, 5.41) is 9.30. The van der Waals surface area contributed by atoms with Gasteiger partial charge >= 0.3 is 13.6 Å². The molecule has 0 aliphatic rings. The fourth-order valence-electron chi connectivity index (χ4n) is 2.56. The second kappa shape index (κ2) is 5.61. The third-order valence-electron chi connectivity index (χ3n) is 3.39. The van der Waals surface area contributed by atoms with E-state index in [1.165, 1.54) is 33.3 Å². The number of ether oxygens (including phenoxy) is 2. The molecular weight excluding hydrogens is 311 g/mol. The molecule has 118 valence electrons. The highest BCUT2D eigenvalue weighted by atomic mass is 31.2. The van der Waals surface area contributed by atoms with Crippen LogP contribution in [-0.4, -0.2) is 35.1 Å². The van der Waals surface area contributed by atoms with Crippen molar-refractivity contribution in [1.29, 1.82) is 0 Å². The molecule has 2 rings (SSSR count). The maximum atomic E-state index is 11.9. The number of carboxylic acid groups (broad SMARTS) is 1. The number of hydrogen-bond donors (Lipinski definition) is 3. The normalized spacial score (nSPS) is 11.5. The summed E-state index contributed by atoms with van der Waals surface area (Å²) in [6.45, 7) is 1.44. The van der Waals surface area contributed by atoms with E-state index in [9.17, 15) is 24.3 Å². The number of aromatic carboxylic acids is 1. The molecule has 0 atom stereocenters. The molecule has 0 saturated carbocycles. The first-order valence-electron chi connectivity index (χ1n) is 6.20. The van der Waals surface area contributed by atoms with Crippen LogP contribution in [0.2, 0.25) is 0 Å². The molecule has 0 heterocycles. The minimum atomic E-state index is -4.73. The molecule has 7 nitrogen and oxygen atoms in total. The van der Waals surface area contributed by atoms with Gasteiger partial charge in [0, 0.05) is 16.3 Å². The van der Waals surface area contributed by atoms with Crippen molar-refractivity contribution in [3.63, 3.8) is 0 Å². The summed E-state index contributed by atoms with van der Waals surface area (Å²) in [6, 6.07) is 4.54. The van der Waals surface area contributed by atoms with E-state index < -0.39 is 13.6 Å². The van der Waals surface area contributed by atoms with Gasteiger partial charge in [-0.2, -0.15) is 0 Å². The maximum Gasteiger partial charge on any atom is 0.360 e. The second-order valence-corrected chi connectivity index (χ2v) is 6.15. The van der Waals surface area contributed by atoms with Crippen LogP contribution in [0.5, 0.6) is 11.5 Å². The molecule has 0 aliphatic carbocycles. The lowest BCUT2D eigenvalue weighted by molar-refractivity contribution is 0.0698. The molecule has 0 amide bonds. The third-order valence-corrected chi connectivity index (χ3v) is 4.40. The van der Waals surface area contributed by atoms with Gasteiger partial charge < -0.3 is 24.4 Å². The Hall–Kier alpha value is -2.08. The lowest BCUT2D eigenvalue weighted by Gasteiger charge is -2.19. The van der Waals surface area contributed by atoms with Crippen molar-refractivity contribution in [3.05, 3.63) is 29.3 Å². The highest BCUT2D eigenvalue weighted by Gasteiger charge is 2.32. The number of methoxy groups -OCH3 is 2. The van der Waals surface area contributed by atoms with Crippen LogP contribution in [0.1, 0.15) is 15.9 Å². The number of rotatable bonds is 4. The molecule has 0 fully saturated rings. The van der Waals surface area contributed by atoms with Gasteiger partial charge in [-0.25, -0.2) is 4.79 Å². The summed E-state index contributed by atoms with van der Waals surface area (Å²) >= 11 is 0. The van der Waals surface area contributed by atoms with Crippen LogP contribution in [0.3, 0.4) is 0 Å². The summed E-state index contributed by atoms with van der Waals surface area (Å²) in [5.74, 6) is -1.20. The minimum Gasteiger partial charge on any atom is -0.496 e. The SMILES string of the molecule is COc1c(C)c(C(=O)O)c2cccc(OC)c2c1P(=O)(O)O. The van der Waals surface area contributed by atoms with Gasteiger partial charge in [0.25, 0.3) is 0 Å². The van der Waals surface area contributed by atoms with E-state index in [2.05, 4.69) is 0 Å². The largest absolute Gasteiger partial charge is 0.496 e. The Balaban J connectivity index is 3.21. The zero-order valence-electron chi connectivity index (χ0n) is 12.2. The van der Waals surface area contributed by atoms with Gasteiger partial charge in [0.2, 0.25) is 0 Å². The van der Waals surface area contributed by atoms with Crippen LogP contribution in [0.4, 0.5) is 0 Å². The number of fused-ring (bicyclic) bond motifs is 1. The lowest BCUT2D eigenvalue weighted by Crippen LogP contribution is -2.16. The van der Waals surface area contributed by atoms with Crippen LogP contribution >= 0.6 is 7.60 Å². The molecule has 3 N–H and O–H groups in total. The van der Waals surface area contributed by atoms with Gasteiger partial charge in [-0.15, -0.1) is 0 Å². The second-order valence-electron chi connectivity index (χ2n) is 4.61. The van der Waals surface area contributed by atoms with Crippen molar-refractivity contribution in [1.82, 2.24) is 0 Å². The number of carboxylic acids is 1. The average Bonchev–Trinajstić information content (AvgIpc) is 2.43. The van der Waals surface area contributed by atoms with Crippen LogP contribution in [0.15, 0.2) is 18.2 Å². The Bertz CT molecular complexity index is 807. The zero-order chi connectivity index (χ0) is 16.7. The van der Waals surface area contributed by atoms with Crippen LogP contribution < -0.4 is 14.8 Å². The maximum absolute atomic E-state index is 11.9. The molecule has 0 spiro atoms. The van der Waals surface area contributed by atoms with Gasteiger partial charge in [-0.1, -0.05) is 12.1 Å². The van der Waals surface area contributed by atoms with E-state index in [0.29, 0.717) is 0 Å². The molecule has 0 aliphatic heterocycles. The van der Waals surface area contributed by atoms with Crippen molar-refractivity contribution < 1.29 is 33.7 Å². The summed E-state index contributed by atoms with van der Waals surface area (Å²) in [5.41, 5.74) is 0.0667.